The molecule has 3 aromatic rings. The van der Waals surface area contributed by atoms with Gasteiger partial charge in [-0.1, -0.05) is 24.3 Å². The van der Waals surface area contributed by atoms with E-state index in [0.717, 1.165) is 5.75 Å². The molecule has 1 amide bonds. The Kier molecular flexibility index (Phi) is 8.85. The van der Waals surface area contributed by atoms with Crippen LogP contribution in [-0.4, -0.2) is 32.2 Å². The molecule has 8 nitrogen and oxygen atoms in total. The van der Waals surface area contributed by atoms with Crippen LogP contribution in [0.3, 0.4) is 0 Å². The molecule has 0 unspecified atom stereocenters. The van der Waals surface area contributed by atoms with Gasteiger partial charge in [0.1, 0.15) is 23.1 Å². The van der Waals surface area contributed by atoms with Gasteiger partial charge in [-0.3, -0.25) is 4.79 Å². The van der Waals surface area contributed by atoms with Gasteiger partial charge < -0.3 is 24.3 Å². The van der Waals surface area contributed by atoms with Crippen molar-refractivity contribution in [1.82, 2.24) is 0 Å². The molecule has 0 fully saturated rings. The third kappa shape index (κ3) is 7.37. The topological polar surface area (TPSA) is 107 Å². The molecule has 0 heterocycles. The van der Waals surface area contributed by atoms with Crippen LogP contribution in [0, 0.1) is 11.3 Å². The van der Waals surface area contributed by atoms with Gasteiger partial charge in [-0.15, -0.1) is 0 Å². The molecular formula is C27H24N2O6. The largest absolute Gasteiger partial charge is 0.493 e. The summed E-state index contributed by atoms with van der Waals surface area (Å²) in [4.78, 5) is 24.2. The summed E-state index contributed by atoms with van der Waals surface area (Å²) in [6.07, 6.45) is 1.39. The highest BCUT2D eigenvalue weighted by Gasteiger charge is 2.12. The van der Waals surface area contributed by atoms with E-state index < -0.39 is 5.97 Å². The second kappa shape index (κ2) is 12.5. The van der Waals surface area contributed by atoms with Crippen LogP contribution in [0.25, 0.3) is 6.08 Å². The zero-order chi connectivity index (χ0) is 25.0. The van der Waals surface area contributed by atoms with E-state index in [-0.39, 0.29) is 24.7 Å². The maximum Gasteiger partial charge on any atom is 0.348 e. The number of carbonyl (C=O) groups excluding carboxylic acids is 2. The monoisotopic (exact) mass is 472 g/mol. The number of anilines is 1. The van der Waals surface area contributed by atoms with E-state index in [9.17, 15) is 14.9 Å². The van der Waals surface area contributed by atoms with Crippen LogP contribution in [0.4, 0.5) is 5.69 Å². The first-order valence-electron chi connectivity index (χ1n) is 10.7. The summed E-state index contributed by atoms with van der Waals surface area (Å²) in [5.41, 5.74) is 0.998. The molecule has 0 atom stereocenters. The molecule has 178 valence electrons. The second-order valence-corrected chi connectivity index (χ2v) is 7.08. The fourth-order valence-electron chi connectivity index (χ4n) is 2.98. The van der Waals surface area contributed by atoms with Crippen LogP contribution in [0.5, 0.6) is 23.0 Å². The van der Waals surface area contributed by atoms with E-state index in [4.69, 9.17) is 18.9 Å². The minimum Gasteiger partial charge on any atom is -0.493 e. The standard InChI is InChI=1S/C27H24N2O6/c1-3-33-27(31)20(17-28)15-19-9-14-24(25(16-19)32-2)34-18-26(30)29-21-10-12-23(13-11-21)35-22-7-5-4-6-8-22/h4-16H,3,18H2,1-2H3,(H,29,30)/b20-15-. The molecule has 3 aromatic carbocycles. The van der Waals surface area contributed by atoms with Crippen molar-refractivity contribution in [3.05, 3.63) is 83.9 Å². The number of para-hydroxylation sites is 1. The number of benzene rings is 3. The van der Waals surface area contributed by atoms with Crippen molar-refractivity contribution in [3.63, 3.8) is 0 Å². The predicted octanol–water partition coefficient (Wildman–Crippen LogP) is 4.98. The minimum atomic E-state index is -0.703. The maximum absolute atomic E-state index is 12.3. The van der Waals surface area contributed by atoms with Gasteiger partial charge >= 0.3 is 5.97 Å². The number of nitriles is 1. The van der Waals surface area contributed by atoms with Crippen LogP contribution < -0.4 is 19.5 Å². The van der Waals surface area contributed by atoms with Gasteiger partial charge in [-0.2, -0.15) is 5.26 Å². The number of carbonyl (C=O) groups is 2. The summed E-state index contributed by atoms with van der Waals surface area (Å²) in [5, 5.41) is 11.9. The Balaban J connectivity index is 1.58. The average molecular weight is 472 g/mol. The SMILES string of the molecule is CCOC(=O)/C(C#N)=C\c1ccc(OCC(=O)Nc2ccc(Oc3ccccc3)cc2)c(OC)c1. The molecule has 0 aliphatic rings. The molecule has 0 radical (unpaired) electrons. The first-order chi connectivity index (χ1) is 17.0. The second-order valence-electron chi connectivity index (χ2n) is 7.08. The lowest BCUT2D eigenvalue weighted by Gasteiger charge is -2.12. The number of nitrogens with one attached hydrogen (secondary N) is 1. The summed E-state index contributed by atoms with van der Waals surface area (Å²) in [5.74, 6) is 0.980. The normalized spacial score (nSPS) is 10.6. The molecule has 0 aromatic heterocycles. The first kappa shape index (κ1) is 24.9. The van der Waals surface area contributed by atoms with E-state index in [0.29, 0.717) is 28.5 Å². The van der Waals surface area contributed by atoms with Gasteiger partial charge in [-0.05, 0) is 67.1 Å². The Morgan fingerprint density at radius 1 is 0.971 bits per heavy atom. The van der Waals surface area contributed by atoms with E-state index in [1.807, 2.05) is 36.4 Å². The first-order valence-corrected chi connectivity index (χ1v) is 10.7. The number of nitrogens with zero attached hydrogens (tertiary/aromatic N) is 1. The molecule has 0 saturated heterocycles. The number of hydrogen-bond acceptors (Lipinski definition) is 7. The van der Waals surface area contributed by atoms with Crippen LogP contribution >= 0.6 is 0 Å². The highest BCUT2D eigenvalue weighted by molar-refractivity contribution is 5.98. The Hall–Kier alpha value is -4.77. The van der Waals surface area contributed by atoms with Crippen molar-refractivity contribution < 1.29 is 28.5 Å². The van der Waals surface area contributed by atoms with Crippen molar-refractivity contribution in [2.24, 2.45) is 0 Å². The van der Waals surface area contributed by atoms with Crippen molar-refractivity contribution in [2.45, 2.75) is 6.92 Å². The number of methoxy groups -OCH3 is 1. The molecule has 1 N–H and O–H groups in total. The van der Waals surface area contributed by atoms with E-state index >= 15 is 0 Å². The number of esters is 1. The van der Waals surface area contributed by atoms with Gasteiger partial charge in [0.2, 0.25) is 0 Å². The Morgan fingerprint density at radius 3 is 2.34 bits per heavy atom. The molecule has 3 rings (SSSR count). The molecule has 0 bridgehead atoms. The van der Waals surface area contributed by atoms with Gasteiger partial charge in [-0.25, -0.2) is 4.79 Å². The Morgan fingerprint density at radius 2 is 1.69 bits per heavy atom. The third-order valence-electron chi connectivity index (χ3n) is 4.59. The lowest BCUT2D eigenvalue weighted by Crippen LogP contribution is -2.20. The zero-order valence-electron chi connectivity index (χ0n) is 19.3. The maximum atomic E-state index is 12.3. The van der Waals surface area contributed by atoms with E-state index in [1.165, 1.54) is 13.2 Å². The smallest absolute Gasteiger partial charge is 0.348 e. The minimum absolute atomic E-state index is 0.137. The lowest BCUT2D eigenvalue weighted by atomic mass is 10.1. The van der Waals surface area contributed by atoms with E-state index in [1.54, 1.807) is 49.4 Å². The fraction of sp³-hybridized carbons (Fsp3) is 0.148. The van der Waals surface area contributed by atoms with Crippen molar-refractivity contribution in [1.29, 1.82) is 5.26 Å². The average Bonchev–Trinajstić information content (AvgIpc) is 2.88. The number of amides is 1. The molecule has 35 heavy (non-hydrogen) atoms. The fourth-order valence-corrected chi connectivity index (χ4v) is 2.98. The summed E-state index contributed by atoms with van der Waals surface area (Å²) in [6, 6.07) is 23.0. The number of ether oxygens (including phenoxy) is 4. The predicted molar refractivity (Wildman–Crippen MR) is 130 cm³/mol. The third-order valence-corrected chi connectivity index (χ3v) is 4.59. The quantitative estimate of drug-likeness (QED) is 0.252. The molecule has 0 aliphatic carbocycles. The molecule has 8 heteroatoms. The summed E-state index contributed by atoms with van der Waals surface area (Å²) < 4.78 is 21.5. The highest BCUT2D eigenvalue weighted by atomic mass is 16.5. The Bertz CT molecular complexity index is 1230. The Labute approximate surface area is 203 Å². The number of hydrogen-bond donors (Lipinski definition) is 1. The van der Waals surface area contributed by atoms with Crippen LogP contribution in [0.15, 0.2) is 78.4 Å². The summed E-state index contributed by atoms with van der Waals surface area (Å²) >= 11 is 0. The lowest BCUT2D eigenvalue weighted by molar-refractivity contribution is -0.137. The van der Waals surface area contributed by atoms with Crippen molar-refractivity contribution >= 4 is 23.6 Å². The van der Waals surface area contributed by atoms with Crippen molar-refractivity contribution in [2.75, 3.05) is 25.6 Å². The summed E-state index contributed by atoms with van der Waals surface area (Å²) in [6.45, 7) is 1.58. The number of rotatable bonds is 10. The van der Waals surface area contributed by atoms with Crippen LogP contribution in [0.2, 0.25) is 0 Å². The molecule has 0 aliphatic heterocycles. The molecular weight excluding hydrogens is 448 g/mol. The highest BCUT2D eigenvalue weighted by Crippen LogP contribution is 2.29. The van der Waals surface area contributed by atoms with E-state index in [2.05, 4.69) is 5.32 Å². The molecule has 0 saturated carbocycles. The van der Waals surface area contributed by atoms with Gasteiger partial charge in [0, 0.05) is 5.69 Å². The van der Waals surface area contributed by atoms with Crippen LogP contribution in [0.1, 0.15) is 12.5 Å². The molecule has 0 spiro atoms. The van der Waals surface area contributed by atoms with Gasteiger partial charge in [0.05, 0.1) is 13.7 Å². The van der Waals surface area contributed by atoms with Crippen molar-refractivity contribution in [3.8, 4) is 29.1 Å². The van der Waals surface area contributed by atoms with Crippen LogP contribution in [-0.2, 0) is 14.3 Å². The zero-order valence-corrected chi connectivity index (χ0v) is 19.3. The summed E-state index contributed by atoms with van der Waals surface area (Å²) in [7, 11) is 1.45. The van der Waals surface area contributed by atoms with Gasteiger partial charge in [0.15, 0.2) is 18.1 Å². The van der Waals surface area contributed by atoms with Gasteiger partial charge in [0.25, 0.3) is 5.91 Å².